The molecule has 8 heteroatoms. The Morgan fingerprint density at radius 3 is 2.53 bits per heavy atom. The van der Waals surface area contributed by atoms with E-state index in [-0.39, 0.29) is 22.8 Å². The maximum absolute atomic E-state index is 13.0. The van der Waals surface area contributed by atoms with Gasteiger partial charge in [0.25, 0.3) is 5.56 Å². The Bertz CT molecular complexity index is 1260. The number of hydrogen-bond acceptors (Lipinski definition) is 5. The summed E-state index contributed by atoms with van der Waals surface area (Å²) >= 11 is 1.38. The number of carbonyl (C=O) groups is 1. The summed E-state index contributed by atoms with van der Waals surface area (Å²) in [7, 11) is 0. The molecular formula is C24H27N5O2S. The van der Waals surface area contributed by atoms with Crippen molar-refractivity contribution in [2.24, 2.45) is 17.8 Å². The molecule has 4 aliphatic carbocycles. The molecule has 2 heterocycles. The SMILES string of the molecule is C=CCn1c(=O)c2ccccc2n2c(SCC(=O)NC34CC5CC(CC(C5)C3)C4)nnc12. The quantitative estimate of drug-likeness (QED) is 0.461. The molecule has 0 unspecified atom stereocenters. The molecule has 4 bridgehead atoms. The number of amides is 1. The monoisotopic (exact) mass is 449 g/mol. The van der Waals surface area contributed by atoms with E-state index in [0.717, 1.165) is 42.5 Å². The molecular weight excluding hydrogens is 422 g/mol. The number of thioether (sulfide) groups is 1. The van der Waals surface area contributed by atoms with E-state index in [1.807, 2.05) is 28.7 Å². The fourth-order valence-corrected chi connectivity index (χ4v) is 7.59. The smallest absolute Gasteiger partial charge is 0.263 e. The second kappa shape index (κ2) is 7.47. The molecule has 7 nitrogen and oxygen atoms in total. The molecule has 1 aromatic carbocycles. The third-order valence-electron chi connectivity index (χ3n) is 7.57. The van der Waals surface area contributed by atoms with Gasteiger partial charge in [-0.2, -0.15) is 0 Å². The zero-order valence-electron chi connectivity index (χ0n) is 18.0. The third-order valence-corrected chi connectivity index (χ3v) is 8.49. The van der Waals surface area contributed by atoms with Crippen LogP contribution in [0.1, 0.15) is 38.5 Å². The third kappa shape index (κ3) is 3.18. The molecule has 0 saturated heterocycles. The van der Waals surface area contributed by atoms with Crippen molar-refractivity contribution in [2.45, 2.75) is 55.8 Å². The van der Waals surface area contributed by atoms with Crippen LogP contribution in [0.5, 0.6) is 0 Å². The molecule has 0 atom stereocenters. The van der Waals surface area contributed by atoms with E-state index in [0.29, 0.717) is 22.9 Å². The molecule has 1 amide bonds. The van der Waals surface area contributed by atoms with Crippen molar-refractivity contribution in [3.8, 4) is 0 Å². The molecule has 166 valence electrons. The minimum absolute atomic E-state index is 0.0104. The van der Waals surface area contributed by atoms with E-state index in [2.05, 4.69) is 22.1 Å². The number of benzene rings is 1. The molecule has 2 aromatic heterocycles. The van der Waals surface area contributed by atoms with E-state index >= 15 is 0 Å². The Hall–Kier alpha value is -2.61. The van der Waals surface area contributed by atoms with E-state index in [4.69, 9.17) is 0 Å². The van der Waals surface area contributed by atoms with Gasteiger partial charge in [0.2, 0.25) is 11.7 Å². The highest BCUT2D eigenvalue weighted by Crippen LogP contribution is 2.55. The van der Waals surface area contributed by atoms with E-state index in [1.54, 1.807) is 10.6 Å². The van der Waals surface area contributed by atoms with Crippen LogP contribution in [0.3, 0.4) is 0 Å². The zero-order valence-corrected chi connectivity index (χ0v) is 18.8. The second-order valence-corrected chi connectivity index (χ2v) is 10.8. The lowest BCUT2D eigenvalue weighted by atomic mass is 9.53. The van der Waals surface area contributed by atoms with Crippen LogP contribution in [-0.4, -0.2) is 36.4 Å². The molecule has 1 N–H and O–H groups in total. The van der Waals surface area contributed by atoms with Gasteiger partial charge in [-0.1, -0.05) is 30.0 Å². The van der Waals surface area contributed by atoms with E-state index in [1.165, 1.54) is 31.0 Å². The molecule has 32 heavy (non-hydrogen) atoms. The minimum Gasteiger partial charge on any atom is -0.350 e. The fraction of sp³-hybridized carbons (Fsp3) is 0.500. The van der Waals surface area contributed by atoms with Gasteiger partial charge in [-0.25, -0.2) is 0 Å². The van der Waals surface area contributed by atoms with Crippen LogP contribution in [0.25, 0.3) is 16.7 Å². The average Bonchev–Trinajstić information content (AvgIpc) is 3.18. The molecule has 4 aliphatic rings. The van der Waals surface area contributed by atoms with Gasteiger partial charge in [-0.15, -0.1) is 16.8 Å². The molecule has 7 rings (SSSR count). The fourth-order valence-electron chi connectivity index (χ4n) is 6.85. The highest BCUT2D eigenvalue weighted by Gasteiger charge is 2.51. The van der Waals surface area contributed by atoms with Crippen LogP contribution in [0.2, 0.25) is 0 Å². The number of hydrogen-bond donors (Lipinski definition) is 1. The van der Waals surface area contributed by atoms with Crippen molar-refractivity contribution in [3.05, 3.63) is 47.3 Å². The van der Waals surface area contributed by atoms with Crippen LogP contribution in [0.4, 0.5) is 0 Å². The van der Waals surface area contributed by atoms with Gasteiger partial charge >= 0.3 is 0 Å². The Kier molecular flexibility index (Phi) is 4.68. The second-order valence-electron chi connectivity index (χ2n) is 9.87. The first-order valence-electron chi connectivity index (χ1n) is 11.5. The van der Waals surface area contributed by atoms with Gasteiger partial charge in [-0.3, -0.25) is 18.6 Å². The normalized spacial score (nSPS) is 28.4. The maximum atomic E-state index is 13.0. The van der Waals surface area contributed by atoms with Crippen molar-refractivity contribution in [3.63, 3.8) is 0 Å². The molecule has 0 aliphatic heterocycles. The molecule has 3 aromatic rings. The largest absolute Gasteiger partial charge is 0.350 e. The first kappa shape index (κ1) is 20.0. The Morgan fingerprint density at radius 1 is 1.16 bits per heavy atom. The average molecular weight is 450 g/mol. The van der Waals surface area contributed by atoms with Crippen molar-refractivity contribution in [1.82, 2.24) is 24.5 Å². The first-order chi connectivity index (χ1) is 15.5. The highest BCUT2D eigenvalue weighted by atomic mass is 32.2. The van der Waals surface area contributed by atoms with Crippen LogP contribution in [-0.2, 0) is 11.3 Å². The summed E-state index contributed by atoms with van der Waals surface area (Å²) < 4.78 is 3.45. The Labute approximate surface area is 190 Å². The van der Waals surface area contributed by atoms with Crippen molar-refractivity contribution in [2.75, 3.05) is 5.75 Å². The first-order valence-corrected chi connectivity index (χ1v) is 12.5. The topological polar surface area (TPSA) is 81.3 Å². The number of allylic oxidation sites excluding steroid dienone is 1. The standard InChI is InChI=1S/C24H27N5O2S/c1-2-7-28-21(31)18-5-3-4-6-19(18)29-22(28)26-27-23(29)32-14-20(30)25-24-11-15-8-16(12-24)10-17(9-15)13-24/h2-6,15-17H,1,7-14H2,(H,25,30). The van der Waals surface area contributed by atoms with E-state index in [9.17, 15) is 9.59 Å². The number of carbonyl (C=O) groups excluding carboxylic acids is 1. The van der Waals surface area contributed by atoms with Crippen molar-refractivity contribution in [1.29, 1.82) is 0 Å². The Balaban J connectivity index is 1.27. The number of aromatic nitrogens is 4. The molecule has 4 fully saturated rings. The minimum atomic E-state index is -0.114. The van der Waals surface area contributed by atoms with E-state index < -0.39 is 0 Å². The predicted octanol–water partition coefficient (Wildman–Crippen LogP) is 3.41. The van der Waals surface area contributed by atoms with Crippen molar-refractivity contribution < 1.29 is 4.79 Å². The van der Waals surface area contributed by atoms with Crippen LogP contribution < -0.4 is 10.9 Å². The highest BCUT2D eigenvalue weighted by molar-refractivity contribution is 7.99. The maximum Gasteiger partial charge on any atom is 0.263 e. The van der Waals surface area contributed by atoms with Crippen molar-refractivity contribution >= 4 is 34.3 Å². The van der Waals surface area contributed by atoms with Gasteiger partial charge in [0.05, 0.1) is 16.7 Å². The number of fused-ring (bicyclic) bond motifs is 3. The lowest BCUT2D eigenvalue weighted by Crippen LogP contribution is -2.60. The lowest BCUT2D eigenvalue weighted by Gasteiger charge is -2.56. The molecule has 0 spiro atoms. The number of nitrogens with zero attached hydrogens (tertiary/aromatic N) is 4. The molecule has 4 saturated carbocycles. The summed E-state index contributed by atoms with van der Waals surface area (Å²) in [5.41, 5.74) is 0.648. The lowest BCUT2D eigenvalue weighted by molar-refractivity contribution is -0.124. The van der Waals surface area contributed by atoms with Gasteiger partial charge in [-0.05, 0) is 68.4 Å². The van der Waals surface area contributed by atoms with Crippen LogP contribution in [0.15, 0.2) is 46.9 Å². The number of nitrogens with one attached hydrogen (secondary N) is 1. The Morgan fingerprint density at radius 2 is 1.84 bits per heavy atom. The summed E-state index contributed by atoms with van der Waals surface area (Å²) in [6.45, 7) is 4.11. The van der Waals surface area contributed by atoms with Gasteiger partial charge in [0.1, 0.15) is 0 Å². The molecule has 0 radical (unpaired) electrons. The summed E-state index contributed by atoms with van der Waals surface area (Å²) in [6, 6.07) is 7.45. The van der Waals surface area contributed by atoms with Gasteiger partial charge in [0, 0.05) is 12.1 Å². The summed E-state index contributed by atoms with van der Waals surface area (Å²) in [5, 5.41) is 13.3. The predicted molar refractivity (Wildman–Crippen MR) is 125 cm³/mol. The zero-order chi connectivity index (χ0) is 21.9. The summed E-state index contributed by atoms with van der Waals surface area (Å²) in [6.07, 6.45) is 9.17. The number of rotatable bonds is 6. The van der Waals surface area contributed by atoms with Crippen LogP contribution >= 0.6 is 11.8 Å². The summed E-state index contributed by atoms with van der Waals surface area (Å²) in [5.74, 6) is 3.21. The summed E-state index contributed by atoms with van der Waals surface area (Å²) in [4.78, 5) is 25.9. The van der Waals surface area contributed by atoms with Crippen LogP contribution in [0, 0.1) is 17.8 Å². The van der Waals surface area contributed by atoms with Gasteiger partial charge < -0.3 is 5.32 Å². The van der Waals surface area contributed by atoms with Gasteiger partial charge in [0.15, 0.2) is 5.16 Å². The number of para-hydroxylation sites is 1.